The van der Waals surface area contributed by atoms with Gasteiger partial charge in [-0.05, 0) is 48.7 Å². The van der Waals surface area contributed by atoms with E-state index in [4.69, 9.17) is 4.98 Å². The Bertz CT molecular complexity index is 1450. The summed E-state index contributed by atoms with van der Waals surface area (Å²) in [6.07, 6.45) is 2.73. The number of fused-ring (bicyclic) bond motifs is 2. The van der Waals surface area contributed by atoms with Crippen molar-refractivity contribution in [2.75, 3.05) is 17.7 Å². The normalized spacial score (nSPS) is 13.7. The molecule has 1 amide bonds. The summed E-state index contributed by atoms with van der Waals surface area (Å²) in [7, 11) is -3.30. The molecule has 4 aromatic rings. The molecule has 3 aromatic carbocycles. The number of aryl methyl sites for hydroxylation is 1. The van der Waals surface area contributed by atoms with Gasteiger partial charge in [0.2, 0.25) is 0 Å². The van der Waals surface area contributed by atoms with Crippen LogP contribution in [0.2, 0.25) is 0 Å². The van der Waals surface area contributed by atoms with Crippen LogP contribution in [0.1, 0.15) is 22.3 Å². The van der Waals surface area contributed by atoms with E-state index < -0.39 is 9.84 Å². The Hall–Kier alpha value is -3.51. The maximum absolute atomic E-state index is 13.8. The summed E-state index contributed by atoms with van der Waals surface area (Å²) in [5, 5.41) is 0.803. The molecule has 32 heavy (non-hydrogen) atoms. The maximum Gasteiger partial charge on any atom is 0.259 e. The third-order valence-electron chi connectivity index (χ3n) is 5.86. The topological polar surface area (TPSA) is 67.3 Å². The fraction of sp³-hybridized carbons (Fsp3) is 0.154. The number of amides is 1. The first-order chi connectivity index (χ1) is 15.4. The first kappa shape index (κ1) is 20.4. The SMILES string of the molecule is CS(=O)(=O)c1ccc2c(c1)CCCN2C(=O)c1cc(-c2ccccc2)nc2ccccc12. The number of carbonyl (C=O) groups excluding carboxylic acids is 1. The van der Waals surface area contributed by atoms with Gasteiger partial charge in [-0.3, -0.25) is 4.79 Å². The lowest BCUT2D eigenvalue weighted by Crippen LogP contribution is -2.35. The Balaban J connectivity index is 1.63. The smallest absolute Gasteiger partial charge is 0.259 e. The molecule has 0 unspecified atom stereocenters. The number of anilines is 1. The van der Waals surface area contributed by atoms with Crippen molar-refractivity contribution < 1.29 is 13.2 Å². The number of hydrogen-bond acceptors (Lipinski definition) is 4. The van der Waals surface area contributed by atoms with E-state index in [1.807, 2.05) is 60.7 Å². The van der Waals surface area contributed by atoms with E-state index in [1.54, 1.807) is 23.1 Å². The predicted molar refractivity (Wildman–Crippen MR) is 127 cm³/mol. The quantitative estimate of drug-likeness (QED) is 0.453. The van der Waals surface area contributed by atoms with Crippen LogP contribution < -0.4 is 4.90 Å². The fourth-order valence-electron chi connectivity index (χ4n) is 4.27. The Morgan fingerprint density at radius 2 is 1.69 bits per heavy atom. The number of pyridine rings is 1. The van der Waals surface area contributed by atoms with Crippen LogP contribution in [0.5, 0.6) is 0 Å². The monoisotopic (exact) mass is 442 g/mol. The number of aromatic nitrogens is 1. The molecule has 5 rings (SSSR count). The number of hydrogen-bond donors (Lipinski definition) is 0. The first-order valence-corrected chi connectivity index (χ1v) is 12.4. The molecule has 6 heteroatoms. The Morgan fingerprint density at radius 3 is 2.47 bits per heavy atom. The number of rotatable bonds is 3. The molecule has 160 valence electrons. The summed E-state index contributed by atoms with van der Waals surface area (Å²) in [5.74, 6) is -0.103. The van der Waals surface area contributed by atoms with Crippen molar-refractivity contribution in [3.63, 3.8) is 0 Å². The van der Waals surface area contributed by atoms with E-state index in [-0.39, 0.29) is 10.8 Å². The molecule has 0 N–H and O–H groups in total. The van der Waals surface area contributed by atoms with Gasteiger partial charge in [0.1, 0.15) is 0 Å². The fourth-order valence-corrected chi connectivity index (χ4v) is 4.94. The highest BCUT2D eigenvalue weighted by atomic mass is 32.2. The lowest BCUT2D eigenvalue weighted by molar-refractivity contribution is 0.0986. The molecular weight excluding hydrogens is 420 g/mol. The molecule has 0 aliphatic carbocycles. The summed E-state index contributed by atoms with van der Waals surface area (Å²) < 4.78 is 24.0. The second-order valence-corrected chi connectivity index (χ2v) is 10.1. The van der Waals surface area contributed by atoms with Gasteiger partial charge in [0.05, 0.1) is 21.7 Å². The second-order valence-electron chi connectivity index (χ2n) is 8.06. The molecule has 5 nitrogen and oxygen atoms in total. The molecule has 0 radical (unpaired) electrons. The molecule has 0 saturated carbocycles. The average molecular weight is 443 g/mol. The molecule has 0 bridgehead atoms. The minimum atomic E-state index is -3.30. The van der Waals surface area contributed by atoms with Crippen LogP contribution >= 0.6 is 0 Å². The van der Waals surface area contributed by atoms with E-state index >= 15 is 0 Å². The van der Waals surface area contributed by atoms with Crippen molar-refractivity contribution in [2.24, 2.45) is 0 Å². The molecule has 1 aliphatic rings. The van der Waals surface area contributed by atoms with E-state index in [9.17, 15) is 13.2 Å². The van der Waals surface area contributed by atoms with Crippen molar-refractivity contribution in [1.29, 1.82) is 0 Å². The van der Waals surface area contributed by atoms with E-state index in [2.05, 4.69) is 0 Å². The van der Waals surface area contributed by atoms with Gasteiger partial charge in [0, 0.05) is 29.4 Å². The highest BCUT2D eigenvalue weighted by Gasteiger charge is 2.26. The summed E-state index contributed by atoms with van der Waals surface area (Å²) >= 11 is 0. The number of sulfone groups is 1. The predicted octanol–water partition coefficient (Wildman–Crippen LogP) is 4.90. The van der Waals surface area contributed by atoms with Gasteiger partial charge in [-0.25, -0.2) is 13.4 Å². The first-order valence-electron chi connectivity index (χ1n) is 10.5. The number of nitrogens with zero attached hydrogens (tertiary/aromatic N) is 2. The zero-order valence-corrected chi connectivity index (χ0v) is 18.5. The van der Waals surface area contributed by atoms with E-state index in [1.165, 1.54) is 6.26 Å². The summed E-state index contributed by atoms with van der Waals surface area (Å²) in [6, 6.07) is 24.4. The molecule has 1 aliphatic heterocycles. The lowest BCUT2D eigenvalue weighted by Gasteiger charge is -2.30. The largest absolute Gasteiger partial charge is 0.308 e. The zero-order chi connectivity index (χ0) is 22.3. The van der Waals surface area contributed by atoms with Crippen LogP contribution in [-0.4, -0.2) is 32.1 Å². The van der Waals surface area contributed by atoms with E-state index in [0.717, 1.165) is 46.3 Å². The van der Waals surface area contributed by atoms with Crippen molar-refractivity contribution in [1.82, 2.24) is 4.98 Å². The number of para-hydroxylation sites is 1. The van der Waals surface area contributed by atoms with Gasteiger partial charge in [0.15, 0.2) is 9.84 Å². The van der Waals surface area contributed by atoms with Crippen molar-refractivity contribution in [3.8, 4) is 11.3 Å². The maximum atomic E-state index is 13.8. The van der Waals surface area contributed by atoms with Gasteiger partial charge in [-0.15, -0.1) is 0 Å². The zero-order valence-electron chi connectivity index (χ0n) is 17.7. The second kappa shape index (κ2) is 7.88. The van der Waals surface area contributed by atoms with E-state index in [0.29, 0.717) is 12.1 Å². The molecule has 1 aromatic heterocycles. The Kier molecular flexibility index (Phi) is 5.02. The Morgan fingerprint density at radius 1 is 0.938 bits per heavy atom. The van der Waals surface area contributed by atoms with Crippen LogP contribution in [0.3, 0.4) is 0 Å². The van der Waals surface area contributed by atoms with Crippen molar-refractivity contribution in [2.45, 2.75) is 17.7 Å². The van der Waals surface area contributed by atoms with Crippen LogP contribution in [0.4, 0.5) is 5.69 Å². The molecule has 0 fully saturated rings. The summed E-state index contributed by atoms with van der Waals surface area (Å²) in [6.45, 7) is 0.585. The third-order valence-corrected chi connectivity index (χ3v) is 6.97. The van der Waals surface area contributed by atoms with Crippen molar-refractivity contribution in [3.05, 3.63) is 90.0 Å². The van der Waals surface area contributed by atoms with Gasteiger partial charge in [0.25, 0.3) is 5.91 Å². The highest BCUT2D eigenvalue weighted by molar-refractivity contribution is 7.90. The Labute approximate surface area is 187 Å². The number of carbonyl (C=O) groups is 1. The molecule has 2 heterocycles. The molecular formula is C26H22N2O3S. The van der Waals surface area contributed by atoms with Crippen LogP contribution in [0.25, 0.3) is 22.2 Å². The minimum absolute atomic E-state index is 0.103. The summed E-state index contributed by atoms with van der Waals surface area (Å²) in [4.78, 5) is 20.6. The molecule has 0 saturated heterocycles. The van der Waals surface area contributed by atoms with Gasteiger partial charge >= 0.3 is 0 Å². The minimum Gasteiger partial charge on any atom is -0.308 e. The van der Waals surface area contributed by atoms with Gasteiger partial charge in [-0.2, -0.15) is 0 Å². The van der Waals surface area contributed by atoms with Gasteiger partial charge in [-0.1, -0.05) is 48.5 Å². The molecule has 0 atom stereocenters. The highest BCUT2D eigenvalue weighted by Crippen LogP contribution is 2.33. The van der Waals surface area contributed by atoms with Gasteiger partial charge < -0.3 is 4.90 Å². The lowest BCUT2D eigenvalue weighted by atomic mass is 9.99. The summed E-state index contributed by atoms with van der Waals surface area (Å²) in [5.41, 5.74) is 4.71. The van der Waals surface area contributed by atoms with Crippen LogP contribution in [0.15, 0.2) is 83.8 Å². The third kappa shape index (κ3) is 3.67. The number of benzene rings is 3. The van der Waals surface area contributed by atoms with Crippen LogP contribution in [0, 0.1) is 0 Å². The van der Waals surface area contributed by atoms with Crippen molar-refractivity contribution >= 4 is 32.3 Å². The molecule has 0 spiro atoms. The van der Waals surface area contributed by atoms with Crippen LogP contribution in [-0.2, 0) is 16.3 Å². The average Bonchev–Trinajstić information content (AvgIpc) is 2.82. The standard InChI is InChI=1S/C26H22N2O3S/c1-32(30,31)20-13-14-25-19(16-20)10-7-15-28(25)26(29)22-17-24(18-8-3-2-4-9-18)27-23-12-6-5-11-21(22)23/h2-6,8-9,11-14,16-17H,7,10,15H2,1H3.